The van der Waals surface area contributed by atoms with Crippen molar-refractivity contribution in [1.82, 2.24) is 4.98 Å². The Kier molecular flexibility index (Phi) is 4.57. The number of aromatic nitrogens is 1. The summed E-state index contributed by atoms with van der Waals surface area (Å²) >= 11 is 0. The number of nitrogens with one attached hydrogen (secondary N) is 1. The van der Waals surface area contributed by atoms with Crippen molar-refractivity contribution in [3.63, 3.8) is 0 Å². The second kappa shape index (κ2) is 6.83. The molecule has 1 heterocycles. The van der Waals surface area contributed by atoms with Crippen LogP contribution in [0.3, 0.4) is 0 Å². The number of nitrogen functional groups attached to an aromatic ring is 1. The van der Waals surface area contributed by atoms with Gasteiger partial charge in [0.05, 0.1) is 34.3 Å². The van der Waals surface area contributed by atoms with Crippen molar-refractivity contribution in [1.29, 1.82) is 0 Å². The van der Waals surface area contributed by atoms with Crippen LogP contribution < -0.4 is 11.1 Å². The van der Waals surface area contributed by atoms with Gasteiger partial charge in [0, 0.05) is 6.20 Å². The van der Waals surface area contributed by atoms with E-state index in [0.29, 0.717) is 0 Å². The Morgan fingerprint density at radius 2 is 1.58 bits per heavy atom. The minimum atomic E-state index is -1.39. The number of carbonyl (C=O) groups is 1. The van der Waals surface area contributed by atoms with Crippen LogP contribution in [0.5, 0.6) is 0 Å². The first-order valence-corrected chi connectivity index (χ1v) is 7.33. The number of nitrogens with two attached hydrogens (primary N) is 1. The SMILES string of the molecule is Nc1ccncc1NC(=O)c1ccc(F)c(-c2c(F)cccc2F)c1F. The van der Waals surface area contributed by atoms with Crippen molar-refractivity contribution >= 4 is 17.3 Å². The molecule has 0 aliphatic carbocycles. The molecule has 1 aromatic heterocycles. The number of nitrogens with zero attached hydrogens (tertiary/aromatic N) is 1. The fourth-order valence-corrected chi connectivity index (χ4v) is 2.39. The van der Waals surface area contributed by atoms with Crippen molar-refractivity contribution in [3.05, 3.63) is 77.6 Å². The summed E-state index contributed by atoms with van der Waals surface area (Å²) in [4.78, 5) is 16.1. The summed E-state index contributed by atoms with van der Waals surface area (Å²) in [6.07, 6.45) is 2.63. The van der Waals surface area contributed by atoms with Crippen LogP contribution in [-0.4, -0.2) is 10.9 Å². The molecule has 3 rings (SSSR count). The Bertz CT molecular complexity index is 987. The van der Waals surface area contributed by atoms with Gasteiger partial charge in [0.15, 0.2) is 0 Å². The van der Waals surface area contributed by atoms with E-state index in [1.807, 2.05) is 0 Å². The topological polar surface area (TPSA) is 68.0 Å². The number of halogens is 4. The summed E-state index contributed by atoms with van der Waals surface area (Å²) in [5.41, 5.74) is 3.49. The van der Waals surface area contributed by atoms with Crippen molar-refractivity contribution in [2.24, 2.45) is 0 Å². The van der Waals surface area contributed by atoms with Gasteiger partial charge in [0.1, 0.15) is 23.3 Å². The fraction of sp³-hybridized carbons (Fsp3) is 0. The zero-order chi connectivity index (χ0) is 18.8. The van der Waals surface area contributed by atoms with E-state index in [4.69, 9.17) is 5.73 Å². The molecule has 0 unspecified atom stereocenters. The minimum Gasteiger partial charge on any atom is -0.397 e. The molecule has 0 saturated heterocycles. The molecule has 1 amide bonds. The average molecular weight is 361 g/mol. The molecule has 0 aliphatic rings. The summed E-state index contributed by atoms with van der Waals surface area (Å²) in [7, 11) is 0. The van der Waals surface area contributed by atoms with E-state index in [1.54, 1.807) is 0 Å². The molecular formula is C18H11F4N3O. The highest BCUT2D eigenvalue weighted by Crippen LogP contribution is 2.32. The lowest BCUT2D eigenvalue weighted by atomic mass is 9.99. The highest BCUT2D eigenvalue weighted by atomic mass is 19.1. The molecule has 0 atom stereocenters. The van der Waals surface area contributed by atoms with E-state index in [-0.39, 0.29) is 11.4 Å². The van der Waals surface area contributed by atoms with Crippen LogP contribution in [0.4, 0.5) is 28.9 Å². The standard InChI is InChI=1S/C18H11F4N3O/c19-10-2-1-3-11(20)15(10)16-12(21)5-4-9(17(16)22)18(26)25-14-8-24-7-6-13(14)23/h1-8H,(H2,23,24)(H,25,26). The molecule has 0 fully saturated rings. The van der Waals surface area contributed by atoms with Gasteiger partial charge in [-0.05, 0) is 30.3 Å². The van der Waals surface area contributed by atoms with E-state index in [1.165, 1.54) is 18.5 Å². The smallest absolute Gasteiger partial charge is 0.258 e. The number of benzene rings is 2. The molecule has 2 aromatic carbocycles. The summed E-state index contributed by atoms with van der Waals surface area (Å²) < 4.78 is 56.7. The molecule has 0 aliphatic heterocycles. The molecule has 26 heavy (non-hydrogen) atoms. The fourth-order valence-electron chi connectivity index (χ4n) is 2.39. The second-order valence-corrected chi connectivity index (χ2v) is 5.30. The quantitative estimate of drug-likeness (QED) is 0.689. The van der Waals surface area contributed by atoms with Gasteiger partial charge in [-0.1, -0.05) is 6.07 Å². The maximum atomic E-state index is 14.8. The van der Waals surface area contributed by atoms with E-state index in [0.717, 1.165) is 30.3 Å². The highest BCUT2D eigenvalue weighted by molar-refractivity contribution is 6.06. The minimum absolute atomic E-state index is 0.111. The molecule has 3 aromatic rings. The van der Waals surface area contributed by atoms with E-state index < -0.39 is 45.9 Å². The van der Waals surface area contributed by atoms with E-state index >= 15 is 0 Å². The number of amides is 1. The third-order valence-corrected chi connectivity index (χ3v) is 3.65. The lowest BCUT2D eigenvalue weighted by Gasteiger charge is -2.12. The Morgan fingerprint density at radius 1 is 0.923 bits per heavy atom. The Balaban J connectivity index is 2.08. The van der Waals surface area contributed by atoms with Crippen molar-refractivity contribution in [2.75, 3.05) is 11.1 Å². The van der Waals surface area contributed by atoms with Crippen LogP contribution in [0.2, 0.25) is 0 Å². The first-order chi connectivity index (χ1) is 12.4. The Labute approximate surface area is 145 Å². The van der Waals surface area contributed by atoms with Crippen LogP contribution in [0.15, 0.2) is 48.8 Å². The number of carbonyl (C=O) groups excluding carboxylic acids is 1. The third-order valence-electron chi connectivity index (χ3n) is 3.65. The van der Waals surface area contributed by atoms with Gasteiger partial charge < -0.3 is 11.1 Å². The van der Waals surface area contributed by atoms with E-state index in [2.05, 4.69) is 10.3 Å². The largest absolute Gasteiger partial charge is 0.397 e. The summed E-state index contributed by atoms with van der Waals surface area (Å²) in [6, 6.07) is 5.82. The molecule has 132 valence electrons. The second-order valence-electron chi connectivity index (χ2n) is 5.30. The monoisotopic (exact) mass is 361 g/mol. The van der Waals surface area contributed by atoms with E-state index in [9.17, 15) is 22.4 Å². The van der Waals surface area contributed by atoms with Gasteiger partial charge in [-0.25, -0.2) is 17.6 Å². The normalized spacial score (nSPS) is 10.6. The predicted octanol–water partition coefficient (Wildman–Crippen LogP) is 4.14. The predicted molar refractivity (Wildman–Crippen MR) is 88.3 cm³/mol. The molecular weight excluding hydrogens is 350 g/mol. The van der Waals surface area contributed by atoms with Crippen LogP contribution in [0.1, 0.15) is 10.4 Å². The number of hydrogen-bond donors (Lipinski definition) is 2. The molecule has 4 nitrogen and oxygen atoms in total. The van der Waals surface area contributed by atoms with Gasteiger partial charge >= 0.3 is 0 Å². The molecule has 0 spiro atoms. The molecule has 0 radical (unpaired) electrons. The third kappa shape index (κ3) is 3.08. The average Bonchev–Trinajstić information content (AvgIpc) is 2.59. The van der Waals surface area contributed by atoms with Crippen LogP contribution in [0, 0.1) is 23.3 Å². The summed E-state index contributed by atoms with van der Waals surface area (Å²) in [6.45, 7) is 0. The van der Waals surface area contributed by atoms with Crippen LogP contribution in [0.25, 0.3) is 11.1 Å². The summed E-state index contributed by atoms with van der Waals surface area (Å²) in [5.74, 6) is -5.88. The van der Waals surface area contributed by atoms with Crippen molar-refractivity contribution in [2.45, 2.75) is 0 Å². The number of pyridine rings is 1. The Hall–Kier alpha value is -3.42. The highest BCUT2D eigenvalue weighted by Gasteiger charge is 2.24. The molecule has 0 saturated carbocycles. The summed E-state index contributed by atoms with van der Waals surface area (Å²) in [5, 5.41) is 2.32. The van der Waals surface area contributed by atoms with Crippen molar-refractivity contribution < 1.29 is 22.4 Å². The Morgan fingerprint density at radius 3 is 2.23 bits per heavy atom. The maximum Gasteiger partial charge on any atom is 0.258 e. The molecule has 0 bridgehead atoms. The van der Waals surface area contributed by atoms with Gasteiger partial charge in [-0.15, -0.1) is 0 Å². The first-order valence-electron chi connectivity index (χ1n) is 7.33. The lowest BCUT2D eigenvalue weighted by molar-refractivity contribution is 0.102. The zero-order valence-electron chi connectivity index (χ0n) is 13.1. The van der Waals surface area contributed by atoms with Crippen molar-refractivity contribution in [3.8, 4) is 11.1 Å². The molecule has 8 heteroatoms. The first kappa shape index (κ1) is 17.4. The lowest BCUT2D eigenvalue weighted by Crippen LogP contribution is -2.16. The maximum absolute atomic E-state index is 14.8. The van der Waals surface area contributed by atoms with Gasteiger partial charge in [0.25, 0.3) is 5.91 Å². The van der Waals surface area contributed by atoms with Gasteiger partial charge in [-0.2, -0.15) is 0 Å². The number of anilines is 2. The van der Waals surface area contributed by atoms with Gasteiger partial charge in [0.2, 0.25) is 0 Å². The molecule has 3 N–H and O–H groups in total. The number of hydrogen-bond acceptors (Lipinski definition) is 3. The van der Waals surface area contributed by atoms with Crippen LogP contribution in [-0.2, 0) is 0 Å². The zero-order valence-corrected chi connectivity index (χ0v) is 13.1. The van der Waals surface area contributed by atoms with Gasteiger partial charge in [-0.3, -0.25) is 9.78 Å². The number of rotatable bonds is 3. The van der Waals surface area contributed by atoms with Crippen LogP contribution >= 0.6 is 0 Å².